The molecule has 19 heavy (non-hydrogen) atoms. The summed E-state index contributed by atoms with van der Waals surface area (Å²) in [5.74, 6) is -3.14. The summed E-state index contributed by atoms with van der Waals surface area (Å²) in [6, 6.07) is 3.20. The lowest BCUT2D eigenvalue weighted by Crippen LogP contribution is -2.31. The second-order valence-electron chi connectivity index (χ2n) is 3.82. The summed E-state index contributed by atoms with van der Waals surface area (Å²) in [4.78, 5) is 25.0. The second-order valence-corrected chi connectivity index (χ2v) is 3.82. The van der Waals surface area contributed by atoms with Gasteiger partial charge in [0.1, 0.15) is 0 Å². The van der Waals surface area contributed by atoms with E-state index in [9.17, 15) is 23.5 Å². The van der Waals surface area contributed by atoms with Gasteiger partial charge >= 0.3 is 5.69 Å². The van der Waals surface area contributed by atoms with Crippen LogP contribution in [0.25, 0.3) is 5.69 Å². The van der Waals surface area contributed by atoms with Gasteiger partial charge in [0.2, 0.25) is 5.88 Å². The summed E-state index contributed by atoms with van der Waals surface area (Å²) in [5.41, 5.74) is -2.33. The Morgan fingerprint density at radius 3 is 2.63 bits per heavy atom. The van der Waals surface area contributed by atoms with Gasteiger partial charge in [0, 0.05) is 0 Å². The first-order chi connectivity index (χ1) is 8.97. The van der Waals surface area contributed by atoms with Crippen molar-refractivity contribution in [1.29, 1.82) is 0 Å². The van der Waals surface area contributed by atoms with E-state index in [0.717, 1.165) is 12.1 Å². The minimum atomic E-state index is -1.28. The molecule has 7 heteroatoms. The molecule has 0 aliphatic carbocycles. The van der Waals surface area contributed by atoms with Crippen molar-refractivity contribution >= 4 is 0 Å². The Hall–Kier alpha value is -2.44. The van der Waals surface area contributed by atoms with Gasteiger partial charge in [-0.05, 0) is 18.6 Å². The van der Waals surface area contributed by atoms with Gasteiger partial charge in [0.05, 0.1) is 11.3 Å². The van der Waals surface area contributed by atoms with Crippen LogP contribution in [0, 0.1) is 11.6 Å². The molecule has 5 nitrogen and oxygen atoms in total. The fourth-order valence-corrected chi connectivity index (χ4v) is 1.77. The maximum atomic E-state index is 13.6. The van der Waals surface area contributed by atoms with Crippen LogP contribution in [0.5, 0.6) is 5.88 Å². The Labute approximate surface area is 105 Å². The van der Waals surface area contributed by atoms with Crippen molar-refractivity contribution in [2.75, 3.05) is 0 Å². The molecular weight excluding hydrogens is 258 g/mol. The average Bonchev–Trinajstić information content (AvgIpc) is 2.34. The van der Waals surface area contributed by atoms with E-state index in [-0.39, 0.29) is 12.0 Å². The Morgan fingerprint density at radius 2 is 2.00 bits per heavy atom. The number of benzene rings is 1. The third-order valence-electron chi connectivity index (χ3n) is 2.71. The van der Waals surface area contributed by atoms with Crippen LogP contribution in [-0.4, -0.2) is 14.7 Å². The third kappa shape index (κ3) is 2.03. The molecule has 2 aromatic rings. The van der Waals surface area contributed by atoms with Gasteiger partial charge in [0.25, 0.3) is 5.56 Å². The highest BCUT2D eigenvalue weighted by Crippen LogP contribution is 2.20. The standard InChI is InChI=1S/C12H10F2N2O3/c1-2-6-10(17)15-12(19)16(11(6)18)8-5-3-4-7(13)9(8)14/h3-5,18H,2H2,1H3,(H,15,17,19). The molecule has 0 fully saturated rings. The van der Waals surface area contributed by atoms with Crippen LogP contribution in [0.2, 0.25) is 0 Å². The molecule has 0 saturated heterocycles. The molecule has 0 aliphatic rings. The zero-order valence-electron chi connectivity index (χ0n) is 9.91. The van der Waals surface area contributed by atoms with Gasteiger partial charge in [0.15, 0.2) is 11.6 Å². The fourth-order valence-electron chi connectivity index (χ4n) is 1.77. The lowest BCUT2D eigenvalue weighted by molar-refractivity contribution is 0.417. The molecule has 1 aromatic carbocycles. The molecular formula is C12H10F2N2O3. The number of aromatic nitrogens is 2. The van der Waals surface area contributed by atoms with Gasteiger partial charge in [-0.1, -0.05) is 13.0 Å². The summed E-state index contributed by atoms with van der Waals surface area (Å²) in [7, 11) is 0. The quantitative estimate of drug-likeness (QED) is 0.855. The highest BCUT2D eigenvalue weighted by molar-refractivity contribution is 5.39. The number of hydrogen-bond donors (Lipinski definition) is 2. The van der Waals surface area contributed by atoms with Crippen LogP contribution < -0.4 is 11.2 Å². The first kappa shape index (κ1) is 13.0. The SMILES string of the molecule is CCc1c(O)n(-c2cccc(F)c2F)c(=O)[nH]c1=O. The summed E-state index contributed by atoms with van der Waals surface area (Å²) in [5, 5.41) is 9.87. The van der Waals surface area contributed by atoms with Crippen molar-refractivity contribution in [3.8, 4) is 11.6 Å². The predicted octanol–water partition coefficient (Wildman–Crippen LogP) is 1.07. The van der Waals surface area contributed by atoms with Gasteiger partial charge in [-0.3, -0.25) is 9.78 Å². The molecule has 1 heterocycles. The topological polar surface area (TPSA) is 75.1 Å². The number of rotatable bonds is 2. The van der Waals surface area contributed by atoms with Crippen molar-refractivity contribution in [2.45, 2.75) is 13.3 Å². The third-order valence-corrected chi connectivity index (χ3v) is 2.71. The number of hydrogen-bond acceptors (Lipinski definition) is 3. The molecule has 2 N–H and O–H groups in total. The van der Waals surface area contributed by atoms with Gasteiger partial charge < -0.3 is 5.11 Å². The molecule has 0 saturated carbocycles. The number of halogens is 2. The molecule has 0 radical (unpaired) electrons. The first-order valence-electron chi connectivity index (χ1n) is 5.49. The molecule has 0 unspecified atom stereocenters. The van der Waals surface area contributed by atoms with E-state index in [0.29, 0.717) is 4.57 Å². The minimum absolute atomic E-state index is 0.0803. The summed E-state index contributed by atoms with van der Waals surface area (Å²) in [6.07, 6.45) is 0.137. The Kier molecular flexibility index (Phi) is 3.20. The number of H-pyrrole nitrogens is 1. The van der Waals surface area contributed by atoms with Crippen LogP contribution in [0.4, 0.5) is 8.78 Å². The van der Waals surface area contributed by atoms with Crippen LogP contribution in [-0.2, 0) is 6.42 Å². The molecule has 100 valence electrons. The van der Waals surface area contributed by atoms with E-state index in [4.69, 9.17) is 0 Å². The highest BCUT2D eigenvalue weighted by Gasteiger charge is 2.18. The largest absolute Gasteiger partial charge is 0.494 e. The van der Waals surface area contributed by atoms with Crippen molar-refractivity contribution < 1.29 is 13.9 Å². The predicted molar refractivity (Wildman–Crippen MR) is 63.6 cm³/mol. The summed E-state index contributed by atoms with van der Waals surface area (Å²) < 4.78 is 27.3. The van der Waals surface area contributed by atoms with Crippen LogP contribution in [0.1, 0.15) is 12.5 Å². The lowest BCUT2D eigenvalue weighted by atomic mass is 10.2. The van der Waals surface area contributed by atoms with Gasteiger partial charge in [-0.25, -0.2) is 18.1 Å². The number of aromatic amines is 1. The monoisotopic (exact) mass is 268 g/mol. The number of nitrogens with one attached hydrogen (secondary N) is 1. The second kappa shape index (κ2) is 4.68. The molecule has 1 aromatic heterocycles. The van der Waals surface area contributed by atoms with Crippen molar-refractivity contribution in [1.82, 2.24) is 9.55 Å². The molecule has 0 aliphatic heterocycles. The highest BCUT2D eigenvalue weighted by atomic mass is 19.2. The Bertz CT molecular complexity index is 750. The average molecular weight is 268 g/mol. The molecule has 0 atom stereocenters. The smallest absolute Gasteiger partial charge is 0.335 e. The Balaban J connectivity index is 2.87. The molecule has 0 spiro atoms. The van der Waals surface area contributed by atoms with Crippen LogP contribution >= 0.6 is 0 Å². The Morgan fingerprint density at radius 1 is 1.32 bits per heavy atom. The summed E-state index contributed by atoms with van der Waals surface area (Å²) >= 11 is 0. The maximum absolute atomic E-state index is 13.6. The molecule has 2 rings (SSSR count). The lowest BCUT2D eigenvalue weighted by Gasteiger charge is -2.11. The number of aromatic hydroxyl groups is 1. The zero-order valence-corrected chi connectivity index (χ0v) is 9.91. The summed E-state index contributed by atoms with van der Waals surface area (Å²) in [6.45, 7) is 1.58. The normalized spacial score (nSPS) is 10.7. The van der Waals surface area contributed by atoms with Crippen LogP contribution in [0.3, 0.4) is 0 Å². The van der Waals surface area contributed by atoms with E-state index >= 15 is 0 Å². The van der Waals surface area contributed by atoms with Crippen molar-refractivity contribution in [3.63, 3.8) is 0 Å². The molecule has 0 bridgehead atoms. The maximum Gasteiger partial charge on any atom is 0.335 e. The minimum Gasteiger partial charge on any atom is -0.494 e. The fraction of sp³-hybridized carbons (Fsp3) is 0.167. The zero-order chi connectivity index (χ0) is 14.2. The molecule has 0 amide bonds. The van der Waals surface area contributed by atoms with Gasteiger partial charge in [-0.2, -0.15) is 0 Å². The van der Waals surface area contributed by atoms with E-state index in [1.165, 1.54) is 6.07 Å². The van der Waals surface area contributed by atoms with Gasteiger partial charge in [-0.15, -0.1) is 0 Å². The van der Waals surface area contributed by atoms with Crippen LogP contribution in [0.15, 0.2) is 27.8 Å². The van der Waals surface area contributed by atoms with Crippen molar-refractivity contribution in [3.05, 3.63) is 56.2 Å². The van der Waals surface area contributed by atoms with Crippen molar-refractivity contribution in [2.24, 2.45) is 0 Å². The number of nitrogens with zero attached hydrogens (tertiary/aromatic N) is 1. The van der Waals surface area contributed by atoms with E-state index in [1.54, 1.807) is 6.92 Å². The van der Waals surface area contributed by atoms with E-state index < -0.39 is 34.5 Å². The van der Waals surface area contributed by atoms with E-state index in [2.05, 4.69) is 0 Å². The van der Waals surface area contributed by atoms with E-state index in [1.807, 2.05) is 4.98 Å². The first-order valence-corrected chi connectivity index (χ1v) is 5.49.